The van der Waals surface area contributed by atoms with Gasteiger partial charge in [0.25, 0.3) is 5.69 Å². The zero-order valence-corrected chi connectivity index (χ0v) is 12.8. The van der Waals surface area contributed by atoms with Crippen molar-refractivity contribution in [2.45, 2.75) is 32.7 Å². The van der Waals surface area contributed by atoms with E-state index < -0.39 is 4.92 Å². The number of anilines is 1. The Morgan fingerprint density at radius 1 is 1.41 bits per heavy atom. The van der Waals surface area contributed by atoms with E-state index in [1.54, 1.807) is 13.0 Å². The number of nitro benzene ring substituents is 1. The van der Waals surface area contributed by atoms with E-state index in [9.17, 15) is 14.9 Å². The summed E-state index contributed by atoms with van der Waals surface area (Å²) in [7, 11) is 0. The minimum Gasteiger partial charge on any atom is -0.381 e. The molecule has 0 spiro atoms. The summed E-state index contributed by atoms with van der Waals surface area (Å²) < 4.78 is 5.31. The number of ether oxygens (including phenoxy) is 1. The van der Waals surface area contributed by atoms with Crippen molar-refractivity contribution >= 4 is 17.4 Å². The fourth-order valence-electron chi connectivity index (χ4n) is 2.65. The summed E-state index contributed by atoms with van der Waals surface area (Å²) in [5.74, 6) is 0.415. The lowest BCUT2D eigenvalue weighted by atomic mass is 9.93. The molecule has 1 saturated heterocycles. The van der Waals surface area contributed by atoms with Gasteiger partial charge >= 0.3 is 6.03 Å². The van der Waals surface area contributed by atoms with Gasteiger partial charge in [-0.25, -0.2) is 4.79 Å². The van der Waals surface area contributed by atoms with Gasteiger partial charge in [0.2, 0.25) is 0 Å². The number of urea groups is 1. The highest BCUT2D eigenvalue weighted by Gasteiger charge is 2.22. The number of amides is 2. The van der Waals surface area contributed by atoms with E-state index in [1.807, 2.05) is 6.92 Å². The number of rotatable bonds is 4. The Morgan fingerprint density at radius 3 is 2.68 bits per heavy atom. The first-order chi connectivity index (χ1) is 10.5. The van der Waals surface area contributed by atoms with Gasteiger partial charge in [-0.15, -0.1) is 0 Å². The smallest absolute Gasteiger partial charge is 0.319 e. The molecule has 7 nitrogen and oxygen atoms in total. The highest BCUT2D eigenvalue weighted by molar-refractivity contribution is 5.89. The van der Waals surface area contributed by atoms with Crippen LogP contribution in [0.3, 0.4) is 0 Å². The van der Waals surface area contributed by atoms with Crippen molar-refractivity contribution in [2.75, 3.05) is 18.5 Å². The number of aryl methyl sites for hydroxylation is 1. The summed E-state index contributed by atoms with van der Waals surface area (Å²) in [6, 6.07) is 4.28. The monoisotopic (exact) mass is 307 g/mol. The standard InChI is InChI=1S/C15H21N3O4/c1-10-9-13(3-4-14(10)18(20)21)17-15(19)16-11(2)12-5-7-22-8-6-12/h3-4,9,11-12H,5-8H2,1-2H3,(H2,16,17,19)/t11-/m1/s1. The minimum absolute atomic E-state index is 0.0431. The van der Waals surface area contributed by atoms with E-state index in [1.165, 1.54) is 12.1 Å². The van der Waals surface area contributed by atoms with Crippen molar-refractivity contribution in [3.8, 4) is 0 Å². The second-order valence-electron chi connectivity index (χ2n) is 5.60. The molecule has 1 aromatic carbocycles. The number of hydrogen-bond donors (Lipinski definition) is 2. The Hall–Kier alpha value is -2.15. The van der Waals surface area contributed by atoms with Crippen molar-refractivity contribution in [1.82, 2.24) is 5.32 Å². The van der Waals surface area contributed by atoms with Crippen LogP contribution in [0.4, 0.5) is 16.2 Å². The molecule has 0 aliphatic carbocycles. The summed E-state index contributed by atoms with van der Waals surface area (Å²) in [4.78, 5) is 22.3. The Labute approximate surface area is 129 Å². The molecule has 2 amide bonds. The quantitative estimate of drug-likeness (QED) is 0.660. The maximum atomic E-state index is 12.0. The van der Waals surface area contributed by atoms with E-state index in [-0.39, 0.29) is 17.8 Å². The van der Waals surface area contributed by atoms with Gasteiger partial charge < -0.3 is 15.4 Å². The Bertz CT molecular complexity index is 556. The number of nitrogens with one attached hydrogen (secondary N) is 2. The van der Waals surface area contributed by atoms with Crippen LogP contribution < -0.4 is 10.6 Å². The highest BCUT2D eigenvalue weighted by atomic mass is 16.6. The SMILES string of the molecule is Cc1cc(NC(=O)N[C@H](C)C2CCOCC2)ccc1[N+](=O)[O-]. The second kappa shape index (κ2) is 7.22. The zero-order chi connectivity index (χ0) is 16.1. The maximum Gasteiger partial charge on any atom is 0.319 e. The van der Waals surface area contributed by atoms with Crippen LogP contribution in [0.2, 0.25) is 0 Å². The number of nitro groups is 1. The van der Waals surface area contributed by atoms with Crippen molar-refractivity contribution in [3.05, 3.63) is 33.9 Å². The molecular weight excluding hydrogens is 286 g/mol. The summed E-state index contributed by atoms with van der Waals surface area (Å²) >= 11 is 0. The molecular formula is C15H21N3O4. The molecule has 1 atom stereocenters. The van der Waals surface area contributed by atoms with Crippen LogP contribution in [-0.2, 0) is 4.74 Å². The van der Waals surface area contributed by atoms with Gasteiger partial charge in [-0.2, -0.15) is 0 Å². The predicted octanol–water partition coefficient (Wildman–Crippen LogP) is 2.84. The first-order valence-corrected chi connectivity index (χ1v) is 7.37. The first-order valence-electron chi connectivity index (χ1n) is 7.37. The fraction of sp³-hybridized carbons (Fsp3) is 0.533. The molecule has 1 aliphatic heterocycles. The van der Waals surface area contributed by atoms with Gasteiger partial charge in [0.1, 0.15) is 0 Å². The molecule has 0 saturated carbocycles. The van der Waals surface area contributed by atoms with Crippen LogP contribution in [0.25, 0.3) is 0 Å². The van der Waals surface area contributed by atoms with Crippen molar-refractivity contribution in [1.29, 1.82) is 0 Å². The van der Waals surface area contributed by atoms with E-state index in [0.29, 0.717) is 17.2 Å². The van der Waals surface area contributed by atoms with Gasteiger partial charge in [0, 0.05) is 36.6 Å². The van der Waals surface area contributed by atoms with E-state index in [2.05, 4.69) is 10.6 Å². The van der Waals surface area contributed by atoms with Gasteiger partial charge in [-0.1, -0.05) is 0 Å². The number of benzene rings is 1. The molecule has 0 aromatic heterocycles. The Morgan fingerprint density at radius 2 is 2.09 bits per heavy atom. The summed E-state index contributed by atoms with van der Waals surface area (Å²) in [6.07, 6.45) is 1.89. The molecule has 2 rings (SSSR count). The molecule has 7 heteroatoms. The zero-order valence-electron chi connectivity index (χ0n) is 12.8. The number of carbonyl (C=O) groups excluding carboxylic acids is 1. The first kappa shape index (κ1) is 16.2. The van der Waals surface area contributed by atoms with Gasteiger partial charge in [-0.3, -0.25) is 10.1 Å². The van der Waals surface area contributed by atoms with Crippen LogP contribution in [0, 0.1) is 23.0 Å². The number of nitrogens with zero attached hydrogens (tertiary/aromatic N) is 1. The molecule has 0 radical (unpaired) electrons. The molecule has 2 N–H and O–H groups in total. The molecule has 120 valence electrons. The third-order valence-electron chi connectivity index (χ3n) is 3.98. The van der Waals surface area contributed by atoms with Crippen LogP contribution in [0.15, 0.2) is 18.2 Å². The number of carbonyl (C=O) groups is 1. The largest absolute Gasteiger partial charge is 0.381 e. The molecule has 0 bridgehead atoms. The van der Waals surface area contributed by atoms with Crippen LogP contribution >= 0.6 is 0 Å². The summed E-state index contributed by atoms with van der Waals surface area (Å²) in [5.41, 5.74) is 1.10. The molecule has 1 heterocycles. The molecule has 0 unspecified atom stereocenters. The highest BCUT2D eigenvalue weighted by Crippen LogP contribution is 2.22. The lowest BCUT2D eigenvalue weighted by Gasteiger charge is -2.28. The van der Waals surface area contributed by atoms with E-state index >= 15 is 0 Å². The lowest BCUT2D eigenvalue weighted by molar-refractivity contribution is -0.385. The van der Waals surface area contributed by atoms with Crippen molar-refractivity contribution in [3.63, 3.8) is 0 Å². The lowest BCUT2D eigenvalue weighted by Crippen LogP contribution is -2.42. The third kappa shape index (κ3) is 4.17. The second-order valence-corrected chi connectivity index (χ2v) is 5.60. The normalized spacial score (nSPS) is 16.8. The predicted molar refractivity (Wildman–Crippen MR) is 83.0 cm³/mol. The summed E-state index contributed by atoms with van der Waals surface area (Å²) in [6.45, 7) is 5.10. The average Bonchev–Trinajstić information content (AvgIpc) is 2.47. The van der Waals surface area contributed by atoms with Gasteiger partial charge in [0.15, 0.2) is 0 Å². The van der Waals surface area contributed by atoms with Crippen LogP contribution in [-0.4, -0.2) is 30.2 Å². The Balaban J connectivity index is 1.91. The molecule has 22 heavy (non-hydrogen) atoms. The topological polar surface area (TPSA) is 93.5 Å². The van der Waals surface area contributed by atoms with Crippen LogP contribution in [0.1, 0.15) is 25.3 Å². The van der Waals surface area contributed by atoms with Gasteiger partial charge in [-0.05, 0) is 44.7 Å². The molecule has 1 fully saturated rings. The maximum absolute atomic E-state index is 12.0. The average molecular weight is 307 g/mol. The molecule has 1 aliphatic rings. The van der Waals surface area contributed by atoms with Crippen molar-refractivity contribution in [2.24, 2.45) is 5.92 Å². The van der Waals surface area contributed by atoms with E-state index in [4.69, 9.17) is 4.74 Å². The third-order valence-corrected chi connectivity index (χ3v) is 3.98. The van der Waals surface area contributed by atoms with Crippen molar-refractivity contribution < 1.29 is 14.5 Å². The van der Waals surface area contributed by atoms with Crippen LogP contribution in [0.5, 0.6) is 0 Å². The minimum atomic E-state index is -0.438. The van der Waals surface area contributed by atoms with E-state index in [0.717, 1.165) is 26.1 Å². The summed E-state index contributed by atoms with van der Waals surface area (Å²) in [5, 5.41) is 16.4. The van der Waals surface area contributed by atoms with Gasteiger partial charge in [0.05, 0.1) is 4.92 Å². The fourth-order valence-corrected chi connectivity index (χ4v) is 2.65. The Kier molecular flexibility index (Phi) is 5.32. The molecule has 1 aromatic rings. The number of hydrogen-bond acceptors (Lipinski definition) is 4.